The number of carbonyl (C=O) groups is 2. The van der Waals surface area contributed by atoms with E-state index in [9.17, 15) is 14.4 Å². The highest BCUT2D eigenvalue weighted by Crippen LogP contribution is 2.34. The number of rotatable bonds is 3. The molecule has 0 spiro atoms. The lowest BCUT2D eigenvalue weighted by Crippen LogP contribution is -2.50. The number of nitrogens with zero attached hydrogens (tertiary/aromatic N) is 6. The molecule has 0 radical (unpaired) electrons. The highest BCUT2D eigenvalue weighted by molar-refractivity contribution is 7.99. The molecule has 0 aliphatic carbocycles. The minimum atomic E-state index is -0.236. The third-order valence-corrected chi connectivity index (χ3v) is 7.20. The van der Waals surface area contributed by atoms with Crippen molar-refractivity contribution in [3.63, 3.8) is 0 Å². The Morgan fingerprint density at radius 1 is 1.16 bits per heavy atom. The minimum Gasteiger partial charge on any atom is -0.339 e. The summed E-state index contributed by atoms with van der Waals surface area (Å²) in [5.41, 5.74) is 2.33. The number of carbonyl (C=O) groups excluding carboxylic acids is 2. The van der Waals surface area contributed by atoms with Crippen molar-refractivity contribution in [1.29, 1.82) is 0 Å². The van der Waals surface area contributed by atoms with E-state index in [4.69, 9.17) is 4.98 Å². The molecule has 166 valence electrons. The first-order valence-electron chi connectivity index (χ1n) is 10.7. The molecule has 3 aromatic rings. The SMILES string of the molecule is CC(=O)N1CCN(C(=O)CC2CSc3nc4c(cnn4-c4cccc(C)c4)c(=O)n32)CC1. The maximum absolute atomic E-state index is 13.3. The summed E-state index contributed by atoms with van der Waals surface area (Å²) in [6, 6.07) is 7.66. The second-order valence-electron chi connectivity index (χ2n) is 8.26. The van der Waals surface area contributed by atoms with Crippen LogP contribution in [0.4, 0.5) is 0 Å². The molecule has 0 bridgehead atoms. The average molecular weight is 453 g/mol. The van der Waals surface area contributed by atoms with E-state index in [0.717, 1.165) is 11.3 Å². The molecule has 0 N–H and O–H groups in total. The van der Waals surface area contributed by atoms with E-state index >= 15 is 0 Å². The van der Waals surface area contributed by atoms with Gasteiger partial charge in [0.1, 0.15) is 5.39 Å². The first-order chi connectivity index (χ1) is 15.4. The van der Waals surface area contributed by atoms with Gasteiger partial charge in [-0.1, -0.05) is 23.9 Å². The van der Waals surface area contributed by atoms with Gasteiger partial charge in [0, 0.05) is 45.3 Å². The summed E-state index contributed by atoms with van der Waals surface area (Å²) in [4.78, 5) is 46.0. The normalized spacial score (nSPS) is 18.2. The smallest absolute Gasteiger partial charge is 0.265 e. The summed E-state index contributed by atoms with van der Waals surface area (Å²) in [6.07, 6.45) is 1.81. The molecular weight excluding hydrogens is 428 g/mol. The number of aromatic nitrogens is 4. The fourth-order valence-electron chi connectivity index (χ4n) is 4.33. The van der Waals surface area contributed by atoms with Crippen molar-refractivity contribution in [2.75, 3.05) is 31.9 Å². The molecule has 5 rings (SSSR count). The molecule has 1 atom stereocenters. The molecule has 2 aromatic heterocycles. The Morgan fingerprint density at radius 3 is 2.62 bits per heavy atom. The summed E-state index contributed by atoms with van der Waals surface area (Å²) in [7, 11) is 0. The molecule has 32 heavy (non-hydrogen) atoms. The van der Waals surface area contributed by atoms with Crippen LogP contribution < -0.4 is 5.56 Å². The molecule has 2 aliphatic rings. The van der Waals surface area contributed by atoms with Crippen molar-refractivity contribution >= 4 is 34.6 Å². The standard InChI is InChI=1S/C22H24N6O3S/c1-14-4-3-5-16(10-14)28-20-18(12-23-28)21(31)27-17(13-32-22(27)24-20)11-19(30)26-8-6-25(7-9-26)15(2)29/h3-5,10,12,17H,6-9,11,13H2,1-2H3. The van der Waals surface area contributed by atoms with Gasteiger partial charge in [-0.25, -0.2) is 9.67 Å². The number of benzene rings is 1. The Balaban J connectivity index is 1.40. The zero-order chi connectivity index (χ0) is 22.4. The highest BCUT2D eigenvalue weighted by Gasteiger charge is 2.32. The zero-order valence-electron chi connectivity index (χ0n) is 18.0. The van der Waals surface area contributed by atoms with Crippen molar-refractivity contribution < 1.29 is 9.59 Å². The molecule has 1 aromatic carbocycles. The van der Waals surface area contributed by atoms with Gasteiger partial charge < -0.3 is 9.80 Å². The van der Waals surface area contributed by atoms with E-state index in [-0.39, 0.29) is 29.8 Å². The van der Waals surface area contributed by atoms with E-state index in [1.54, 1.807) is 32.2 Å². The summed E-state index contributed by atoms with van der Waals surface area (Å²) < 4.78 is 3.34. The van der Waals surface area contributed by atoms with Crippen LogP contribution in [-0.4, -0.2) is 72.9 Å². The summed E-state index contributed by atoms with van der Waals surface area (Å²) >= 11 is 1.50. The van der Waals surface area contributed by atoms with Gasteiger partial charge >= 0.3 is 0 Å². The van der Waals surface area contributed by atoms with Gasteiger partial charge in [0.15, 0.2) is 10.8 Å². The number of amides is 2. The van der Waals surface area contributed by atoms with Gasteiger partial charge in [0.25, 0.3) is 5.56 Å². The van der Waals surface area contributed by atoms with Gasteiger partial charge in [0.2, 0.25) is 11.8 Å². The number of hydrogen-bond donors (Lipinski definition) is 0. The second kappa shape index (κ2) is 8.09. The maximum Gasteiger partial charge on any atom is 0.265 e. The Kier molecular flexibility index (Phi) is 5.24. The maximum atomic E-state index is 13.3. The van der Waals surface area contributed by atoms with Gasteiger partial charge in [-0.15, -0.1) is 0 Å². The third kappa shape index (κ3) is 3.58. The predicted octanol–water partition coefficient (Wildman–Crippen LogP) is 1.62. The second-order valence-corrected chi connectivity index (χ2v) is 9.25. The van der Waals surface area contributed by atoms with Crippen LogP contribution in [0.25, 0.3) is 16.7 Å². The monoisotopic (exact) mass is 452 g/mol. The van der Waals surface area contributed by atoms with E-state index in [0.29, 0.717) is 48.1 Å². The van der Waals surface area contributed by atoms with Crippen molar-refractivity contribution in [3.05, 3.63) is 46.4 Å². The summed E-state index contributed by atoms with van der Waals surface area (Å²) in [5.74, 6) is 0.673. The Morgan fingerprint density at radius 2 is 1.91 bits per heavy atom. The van der Waals surface area contributed by atoms with Crippen LogP contribution in [0.15, 0.2) is 40.4 Å². The molecule has 9 nitrogen and oxygen atoms in total. The van der Waals surface area contributed by atoms with Crippen molar-refractivity contribution in [2.45, 2.75) is 31.5 Å². The number of thioether (sulfide) groups is 1. The first kappa shape index (κ1) is 20.7. The number of hydrogen-bond acceptors (Lipinski definition) is 6. The van der Waals surface area contributed by atoms with E-state index in [2.05, 4.69) is 5.10 Å². The lowest BCUT2D eigenvalue weighted by Gasteiger charge is -2.34. The Labute approximate surface area is 189 Å². The zero-order valence-corrected chi connectivity index (χ0v) is 18.8. The van der Waals surface area contributed by atoms with E-state index in [1.807, 2.05) is 31.2 Å². The van der Waals surface area contributed by atoms with Crippen LogP contribution in [0.2, 0.25) is 0 Å². The Bertz CT molecular complexity index is 1270. The fourth-order valence-corrected chi connectivity index (χ4v) is 5.46. The van der Waals surface area contributed by atoms with E-state index < -0.39 is 0 Å². The van der Waals surface area contributed by atoms with Gasteiger partial charge in [-0.2, -0.15) is 5.10 Å². The number of piperazine rings is 1. The summed E-state index contributed by atoms with van der Waals surface area (Å²) in [5, 5.41) is 5.48. The molecule has 4 heterocycles. The van der Waals surface area contributed by atoms with Crippen LogP contribution in [0, 0.1) is 6.92 Å². The van der Waals surface area contributed by atoms with Crippen molar-refractivity contribution in [1.82, 2.24) is 29.1 Å². The predicted molar refractivity (Wildman–Crippen MR) is 121 cm³/mol. The average Bonchev–Trinajstić information content (AvgIpc) is 3.39. The quantitative estimate of drug-likeness (QED) is 0.561. The molecule has 0 saturated carbocycles. The van der Waals surface area contributed by atoms with Gasteiger partial charge in [0.05, 0.1) is 17.9 Å². The van der Waals surface area contributed by atoms with Crippen LogP contribution in [0.5, 0.6) is 0 Å². The molecule has 1 fully saturated rings. The Hall–Kier alpha value is -3.14. The van der Waals surface area contributed by atoms with Crippen LogP contribution in [0.3, 0.4) is 0 Å². The molecule has 1 unspecified atom stereocenters. The topological polar surface area (TPSA) is 93.3 Å². The first-order valence-corrected chi connectivity index (χ1v) is 11.6. The van der Waals surface area contributed by atoms with Crippen LogP contribution >= 0.6 is 11.8 Å². The van der Waals surface area contributed by atoms with E-state index in [1.165, 1.54) is 11.8 Å². The van der Waals surface area contributed by atoms with Crippen molar-refractivity contribution in [3.8, 4) is 5.69 Å². The minimum absolute atomic E-state index is 0.00843. The van der Waals surface area contributed by atoms with Gasteiger partial charge in [-0.3, -0.25) is 19.0 Å². The van der Waals surface area contributed by atoms with Gasteiger partial charge in [-0.05, 0) is 24.6 Å². The molecule has 10 heteroatoms. The number of fused-ring (bicyclic) bond motifs is 2. The van der Waals surface area contributed by atoms with Crippen molar-refractivity contribution in [2.24, 2.45) is 0 Å². The third-order valence-electron chi connectivity index (χ3n) is 6.10. The molecule has 2 aliphatic heterocycles. The molecular formula is C22H24N6O3S. The lowest BCUT2D eigenvalue weighted by molar-refractivity contribution is -0.138. The van der Waals surface area contributed by atoms with Crippen LogP contribution in [0.1, 0.15) is 24.9 Å². The lowest BCUT2D eigenvalue weighted by atomic mass is 10.2. The molecule has 1 saturated heterocycles. The molecule has 2 amide bonds. The highest BCUT2D eigenvalue weighted by atomic mass is 32.2. The number of aryl methyl sites for hydroxylation is 1. The summed E-state index contributed by atoms with van der Waals surface area (Å²) in [6.45, 7) is 5.72. The van der Waals surface area contributed by atoms with Crippen LogP contribution in [-0.2, 0) is 9.59 Å². The largest absolute Gasteiger partial charge is 0.339 e. The fraction of sp³-hybridized carbons (Fsp3) is 0.409.